The molecule has 3 heterocycles. The number of ether oxygens (including phenoxy) is 1. The number of hydrogen-bond acceptors (Lipinski definition) is 5. The van der Waals surface area contributed by atoms with E-state index in [-0.39, 0.29) is 5.91 Å². The number of anilines is 1. The van der Waals surface area contributed by atoms with Crippen LogP contribution in [0.4, 0.5) is 5.82 Å². The van der Waals surface area contributed by atoms with Crippen LogP contribution in [0.1, 0.15) is 10.4 Å². The van der Waals surface area contributed by atoms with Gasteiger partial charge < -0.3 is 14.6 Å². The maximum Gasteiger partial charge on any atom is 0.260 e. The van der Waals surface area contributed by atoms with E-state index >= 15 is 0 Å². The molecule has 1 aliphatic heterocycles. The van der Waals surface area contributed by atoms with Gasteiger partial charge in [0.25, 0.3) is 5.91 Å². The Morgan fingerprint density at radius 3 is 2.96 bits per heavy atom. The summed E-state index contributed by atoms with van der Waals surface area (Å²) in [7, 11) is 0. The lowest BCUT2D eigenvalue weighted by Crippen LogP contribution is -2.15. The van der Waals surface area contributed by atoms with Crippen LogP contribution in [-0.2, 0) is 6.54 Å². The molecule has 4 rings (SSSR count). The highest BCUT2D eigenvalue weighted by atomic mass is 79.9. The zero-order valence-electron chi connectivity index (χ0n) is 13.6. The van der Waals surface area contributed by atoms with Crippen molar-refractivity contribution >= 4 is 27.7 Å². The first kappa shape index (κ1) is 16.5. The fourth-order valence-electron chi connectivity index (χ4n) is 2.62. The van der Waals surface area contributed by atoms with Crippen LogP contribution in [0.3, 0.4) is 0 Å². The van der Waals surface area contributed by atoms with E-state index in [2.05, 4.69) is 36.4 Å². The molecule has 0 atom stereocenters. The molecule has 0 aliphatic carbocycles. The molecule has 130 valence electrons. The molecule has 0 unspecified atom stereocenters. The molecule has 1 aliphatic rings. The Labute approximate surface area is 157 Å². The van der Waals surface area contributed by atoms with Crippen molar-refractivity contribution in [3.63, 3.8) is 0 Å². The van der Waals surface area contributed by atoms with Crippen LogP contribution in [0.5, 0.6) is 5.75 Å². The molecule has 8 heteroatoms. The minimum absolute atomic E-state index is 0.298. The monoisotopic (exact) mass is 411 g/mol. The molecule has 0 saturated heterocycles. The number of para-hydroxylation sites is 1. The number of carbonyl (C=O) groups is 1. The number of hydrogen-bond donors (Lipinski definition) is 1. The lowest BCUT2D eigenvalue weighted by atomic mass is 10.2. The minimum Gasteiger partial charge on any atom is -0.488 e. The van der Waals surface area contributed by atoms with Gasteiger partial charge in [0.2, 0.25) is 0 Å². The highest BCUT2D eigenvalue weighted by Gasteiger charge is 2.17. The number of carbonyl (C=O) groups excluding carboxylic acids is 1. The third kappa shape index (κ3) is 3.23. The summed E-state index contributed by atoms with van der Waals surface area (Å²) in [4.78, 5) is 17.2. The third-order valence-corrected chi connectivity index (χ3v) is 4.46. The number of fused-ring (bicyclic) bond motifs is 5. The van der Waals surface area contributed by atoms with Crippen molar-refractivity contribution in [2.45, 2.75) is 6.54 Å². The molecule has 26 heavy (non-hydrogen) atoms. The maximum atomic E-state index is 12.7. The first-order valence-corrected chi connectivity index (χ1v) is 8.74. The number of aromatic nitrogens is 4. The van der Waals surface area contributed by atoms with E-state index in [1.807, 2.05) is 34.9 Å². The minimum atomic E-state index is -0.298. The lowest BCUT2D eigenvalue weighted by Gasteiger charge is -2.13. The second-order valence-electron chi connectivity index (χ2n) is 5.57. The van der Waals surface area contributed by atoms with E-state index in [1.54, 1.807) is 24.5 Å². The van der Waals surface area contributed by atoms with Crippen LogP contribution in [0.15, 0.2) is 59.4 Å². The molecule has 7 nitrogen and oxygen atoms in total. The highest BCUT2D eigenvalue weighted by molar-refractivity contribution is 9.10. The summed E-state index contributed by atoms with van der Waals surface area (Å²) in [6.07, 6.45) is 5.49. The van der Waals surface area contributed by atoms with Gasteiger partial charge in [-0.3, -0.25) is 4.79 Å². The van der Waals surface area contributed by atoms with Gasteiger partial charge in [0.1, 0.15) is 30.2 Å². The predicted octanol–water partition coefficient (Wildman–Crippen LogP) is 3.30. The van der Waals surface area contributed by atoms with Gasteiger partial charge in [-0.15, -0.1) is 10.2 Å². The summed E-state index contributed by atoms with van der Waals surface area (Å²) in [5.74, 6) is 1.26. The van der Waals surface area contributed by atoms with E-state index in [0.29, 0.717) is 46.3 Å². The number of pyridine rings is 1. The SMILES string of the molecule is O=C1Nc2cccc(n2)-c2nncn2C/C=C/COc2c(Br)cccc21. The molecule has 0 fully saturated rings. The third-order valence-electron chi connectivity index (χ3n) is 3.84. The Bertz CT molecular complexity index is 999. The first-order chi connectivity index (χ1) is 12.7. The molecule has 1 amide bonds. The highest BCUT2D eigenvalue weighted by Crippen LogP contribution is 2.30. The van der Waals surface area contributed by atoms with Gasteiger partial charge in [-0.2, -0.15) is 0 Å². The van der Waals surface area contributed by atoms with Crippen molar-refractivity contribution in [3.8, 4) is 17.3 Å². The fourth-order valence-corrected chi connectivity index (χ4v) is 3.10. The van der Waals surface area contributed by atoms with E-state index in [1.165, 1.54) is 0 Å². The number of nitrogens with zero attached hydrogens (tertiary/aromatic N) is 4. The Morgan fingerprint density at radius 2 is 2.04 bits per heavy atom. The van der Waals surface area contributed by atoms with E-state index in [9.17, 15) is 4.79 Å². The number of rotatable bonds is 0. The Hall–Kier alpha value is -3.00. The van der Waals surface area contributed by atoms with Crippen LogP contribution in [0.25, 0.3) is 11.5 Å². The normalized spacial score (nSPS) is 15.0. The average molecular weight is 412 g/mol. The second-order valence-corrected chi connectivity index (χ2v) is 6.42. The zero-order chi connectivity index (χ0) is 17.9. The van der Waals surface area contributed by atoms with Gasteiger partial charge >= 0.3 is 0 Å². The summed E-state index contributed by atoms with van der Waals surface area (Å²) in [5.41, 5.74) is 1.07. The summed E-state index contributed by atoms with van der Waals surface area (Å²) in [5, 5.41) is 10.9. The topological polar surface area (TPSA) is 81.9 Å². The van der Waals surface area contributed by atoms with Crippen LogP contribution in [-0.4, -0.2) is 32.3 Å². The number of allylic oxidation sites excluding steroid dienone is 1. The summed E-state index contributed by atoms with van der Waals surface area (Å²) < 4.78 is 8.39. The summed E-state index contributed by atoms with van der Waals surface area (Å²) >= 11 is 3.44. The Kier molecular flexibility index (Phi) is 4.49. The van der Waals surface area contributed by atoms with Crippen molar-refractivity contribution in [1.29, 1.82) is 0 Å². The Morgan fingerprint density at radius 1 is 1.15 bits per heavy atom. The van der Waals surface area contributed by atoms with Crippen LogP contribution < -0.4 is 10.1 Å². The van der Waals surface area contributed by atoms with Crippen LogP contribution in [0, 0.1) is 0 Å². The lowest BCUT2D eigenvalue weighted by molar-refractivity contribution is 0.102. The second kappa shape index (κ2) is 7.09. The zero-order valence-corrected chi connectivity index (χ0v) is 15.2. The number of benzene rings is 1. The average Bonchev–Trinajstić information content (AvgIpc) is 3.10. The van der Waals surface area contributed by atoms with Crippen molar-refractivity contribution in [3.05, 3.63) is 64.9 Å². The standard InChI is InChI=1S/C18H14BrN5O2/c19-13-6-3-5-12-16(13)26-10-2-1-9-24-11-20-23-17(24)14-7-4-8-15(21-14)22-18(12)25/h1-8,11H,9-10H2,(H,21,22,25)/b2-1+. The van der Waals surface area contributed by atoms with E-state index in [0.717, 1.165) is 0 Å². The van der Waals surface area contributed by atoms with E-state index in [4.69, 9.17) is 4.74 Å². The molecule has 0 spiro atoms. The van der Waals surface area contributed by atoms with Crippen molar-refractivity contribution in [2.75, 3.05) is 11.9 Å². The van der Waals surface area contributed by atoms with Gasteiger partial charge in [0, 0.05) is 6.54 Å². The molecular weight excluding hydrogens is 398 g/mol. The van der Waals surface area contributed by atoms with Crippen molar-refractivity contribution in [2.24, 2.45) is 0 Å². The molecule has 2 aromatic heterocycles. The number of halogens is 1. The molecule has 0 radical (unpaired) electrons. The fraction of sp³-hybridized carbons (Fsp3) is 0.111. The molecular formula is C18H14BrN5O2. The van der Waals surface area contributed by atoms with Gasteiger partial charge in [0.15, 0.2) is 5.82 Å². The van der Waals surface area contributed by atoms with Gasteiger partial charge in [-0.1, -0.05) is 18.2 Å². The largest absolute Gasteiger partial charge is 0.488 e. The van der Waals surface area contributed by atoms with Crippen LogP contribution in [0.2, 0.25) is 0 Å². The maximum absolute atomic E-state index is 12.7. The number of nitrogens with one attached hydrogen (secondary N) is 1. The smallest absolute Gasteiger partial charge is 0.260 e. The summed E-state index contributed by atoms with van der Waals surface area (Å²) in [6, 6.07) is 10.7. The first-order valence-electron chi connectivity index (χ1n) is 7.95. The molecule has 3 aromatic rings. The van der Waals surface area contributed by atoms with Gasteiger partial charge in [-0.05, 0) is 46.3 Å². The molecule has 1 aromatic carbocycles. The molecule has 1 N–H and O–H groups in total. The van der Waals surface area contributed by atoms with Gasteiger partial charge in [-0.25, -0.2) is 4.98 Å². The molecule has 2 bridgehead atoms. The van der Waals surface area contributed by atoms with Gasteiger partial charge in [0.05, 0.1) is 10.0 Å². The Balaban J connectivity index is 1.79. The quantitative estimate of drug-likeness (QED) is 0.573. The predicted molar refractivity (Wildman–Crippen MR) is 100.0 cm³/mol. The number of amides is 1. The van der Waals surface area contributed by atoms with Crippen molar-refractivity contribution < 1.29 is 9.53 Å². The van der Waals surface area contributed by atoms with Crippen LogP contribution >= 0.6 is 15.9 Å². The van der Waals surface area contributed by atoms with Crippen molar-refractivity contribution in [1.82, 2.24) is 19.7 Å². The molecule has 0 saturated carbocycles. The van der Waals surface area contributed by atoms with E-state index < -0.39 is 0 Å². The summed E-state index contributed by atoms with van der Waals surface area (Å²) in [6.45, 7) is 0.927.